The third kappa shape index (κ3) is 6.04. The minimum Gasteiger partial charge on any atom is -0.484 e. The van der Waals surface area contributed by atoms with Gasteiger partial charge in [-0.25, -0.2) is 13.1 Å². The molecule has 3 rings (SSSR count). The van der Waals surface area contributed by atoms with E-state index in [1.165, 1.54) is 36.4 Å². The summed E-state index contributed by atoms with van der Waals surface area (Å²) in [4.78, 5) is 23.2. The van der Waals surface area contributed by atoms with Crippen molar-refractivity contribution >= 4 is 27.5 Å². The number of amides is 2. The van der Waals surface area contributed by atoms with Gasteiger partial charge in [0, 0.05) is 17.3 Å². The van der Waals surface area contributed by atoms with Crippen LogP contribution in [0.3, 0.4) is 0 Å². The van der Waals surface area contributed by atoms with Gasteiger partial charge in [0.05, 0.1) is 4.90 Å². The molecule has 0 aliphatic heterocycles. The average Bonchev–Trinajstić information content (AvgIpc) is 2.73. The molecule has 0 heterocycles. The van der Waals surface area contributed by atoms with E-state index in [9.17, 15) is 18.0 Å². The fraction of sp³-hybridized carbons (Fsp3) is 0.333. The van der Waals surface area contributed by atoms with Crippen LogP contribution in [-0.4, -0.2) is 32.9 Å². The van der Waals surface area contributed by atoms with Gasteiger partial charge in [-0.2, -0.15) is 0 Å². The summed E-state index contributed by atoms with van der Waals surface area (Å²) in [6.07, 6.45) is 4.95. The van der Waals surface area contributed by atoms with Crippen LogP contribution in [0.25, 0.3) is 0 Å². The third-order valence-electron chi connectivity index (χ3n) is 4.88. The molecule has 4 N–H and O–H groups in total. The van der Waals surface area contributed by atoms with Crippen molar-refractivity contribution < 1.29 is 22.7 Å². The Morgan fingerprint density at radius 3 is 2.20 bits per heavy atom. The first-order valence-corrected chi connectivity index (χ1v) is 11.3. The van der Waals surface area contributed by atoms with E-state index in [0.29, 0.717) is 17.0 Å². The summed E-state index contributed by atoms with van der Waals surface area (Å²) in [5.74, 6) is -0.557. The Bertz CT molecular complexity index is 982. The predicted octanol–water partition coefficient (Wildman–Crippen LogP) is 2.41. The Labute approximate surface area is 175 Å². The van der Waals surface area contributed by atoms with E-state index < -0.39 is 21.8 Å². The van der Waals surface area contributed by atoms with Crippen molar-refractivity contribution in [2.45, 2.75) is 43.0 Å². The molecule has 8 nitrogen and oxygen atoms in total. The lowest BCUT2D eigenvalue weighted by molar-refractivity contribution is -0.118. The number of nitrogens with one attached hydrogen (secondary N) is 2. The quantitative estimate of drug-likeness (QED) is 0.591. The van der Waals surface area contributed by atoms with Crippen LogP contribution >= 0.6 is 0 Å². The Morgan fingerprint density at radius 2 is 1.60 bits per heavy atom. The summed E-state index contributed by atoms with van der Waals surface area (Å²) in [7, 11) is -3.58. The van der Waals surface area contributed by atoms with Crippen LogP contribution in [0.5, 0.6) is 5.75 Å². The van der Waals surface area contributed by atoms with Gasteiger partial charge in [0.1, 0.15) is 5.75 Å². The van der Waals surface area contributed by atoms with Crippen molar-refractivity contribution in [2.75, 3.05) is 11.9 Å². The van der Waals surface area contributed by atoms with Gasteiger partial charge in [-0.3, -0.25) is 9.59 Å². The number of hydrogen-bond acceptors (Lipinski definition) is 5. The highest BCUT2D eigenvalue weighted by Crippen LogP contribution is 2.21. The van der Waals surface area contributed by atoms with Crippen molar-refractivity contribution in [2.24, 2.45) is 5.73 Å². The molecule has 160 valence electrons. The van der Waals surface area contributed by atoms with Crippen molar-refractivity contribution in [1.82, 2.24) is 4.72 Å². The summed E-state index contributed by atoms with van der Waals surface area (Å²) in [6, 6.07) is 12.1. The highest BCUT2D eigenvalue weighted by Gasteiger charge is 2.21. The van der Waals surface area contributed by atoms with Gasteiger partial charge in [-0.1, -0.05) is 19.3 Å². The topological polar surface area (TPSA) is 128 Å². The number of hydrogen-bond donors (Lipinski definition) is 3. The van der Waals surface area contributed by atoms with E-state index in [1.54, 1.807) is 12.1 Å². The lowest BCUT2D eigenvalue weighted by atomic mass is 9.96. The lowest BCUT2D eigenvalue weighted by Gasteiger charge is -2.22. The molecule has 0 atom stereocenters. The number of nitrogens with two attached hydrogens (primary N) is 1. The van der Waals surface area contributed by atoms with E-state index >= 15 is 0 Å². The van der Waals surface area contributed by atoms with Crippen LogP contribution in [-0.2, 0) is 14.8 Å². The summed E-state index contributed by atoms with van der Waals surface area (Å²) < 4.78 is 33.2. The molecule has 1 saturated carbocycles. The molecule has 1 aliphatic carbocycles. The zero-order valence-electron chi connectivity index (χ0n) is 16.5. The second-order valence-corrected chi connectivity index (χ2v) is 8.92. The summed E-state index contributed by atoms with van der Waals surface area (Å²) in [6.45, 7) is -0.246. The maximum absolute atomic E-state index is 12.5. The zero-order valence-corrected chi connectivity index (χ0v) is 17.3. The number of primary amides is 1. The Hall–Kier alpha value is -2.91. The number of carbonyl (C=O) groups excluding carboxylic acids is 2. The van der Waals surface area contributed by atoms with Crippen molar-refractivity contribution in [3.05, 3.63) is 54.1 Å². The molecule has 0 spiro atoms. The number of ether oxygens (including phenoxy) is 1. The molecule has 0 unspecified atom stereocenters. The molecule has 1 fully saturated rings. The van der Waals surface area contributed by atoms with Gasteiger partial charge in [-0.15, -0.1) is 0 Å². The van der Waals surface area contributed by atoms with E-state index in [1.807, 2.05) is 0 Å². The average molecular weight is 432 g/mol. The smallest absolute Gasteiger partial charge is 0.262 e. The zero-order chi connectivity index (χ0) is 21.6. The van der Waals surface area contributed by atoms with E-state index in [4.69, 9.17) is 10.5 Å². The van der Waals surface area contributed by atoms with Gasteiger partial charge in [0.25, 0.3) is 5.91 Å². The molecule has 2 aromatic rings. The molecule has 9 heteroatoms. The minimum absolute atomic E-state index is 0.0135. The minimum atomic E-state index is -3.58. The van der Waals surface area contributed by atoms with E-state index in [-0.39, 0.29) is 17.5 Å². The van der Waals surface area contributed by atoms with Crippen LogP contribution in [0.2, 0.25) is 0 Å². The first kappa shape index (κ1) is 21.8. The fourth-order valence-corrected chi connectivity index (χ4v) is 4.59. The summed E-state index contributed by atoms with van der Waals surface area (Å²) >= 11 is 0. The molecular formula is C21H25N3O5S. The standard InChI is InChI=1S/C21H25N3O5S/c22-21(26)15-6-8-16(9-7-15)23-20(25)14-29-18-10-12-19(13-11-18)30(27,28)24-17-4-2-1-3-5-17/h6-13,17,24H,1-5,14H2,(H2,22,26)(H,23,25). The highest BCUT2D eigenvalue weighted by atomic mass is 32.2. The van der Waals surface area contributed by atoms with Crippen molar-refractivity contribution in [3.8, 4) is 5.75 Å². The second kappa shape index (κ2) is 9.73. The Morgan fingerprint density at radius 1 is 0.967 bits per heavy atom. The van der Waals surface area contributed by atoms with Crippen LogP contribution in [0.4, 0.5) is 5.69 Å². The normalized spacial score (nSPS) is 14.8. The maximum atomic E-state index is 12.5. The van der Waals surface area contributed by atoms with Gasteiger partial charge in [0.15, 0.2) is 6.61 Å². The van der Waals surface area contributed by atoms with E-state index in [2.05, 4.69) is 10.0 Å². The fourth-order valence-electron chi connectivity index (χ4n) is 3.29. The largest absolute Gasteiger partial charge is 0.484 e. The highest BCUT2D eigenvalue weighted by molar-refractivity contribution is 7.89. The van der Waals surface area contributed by atoms with Gasteiger partial charge < -0.3 is 15.8 Å². The lowest BCUT2D eigenvalue weighted by Crippen LogP contribution is -2.36. The number of rotatable bonds is 8. The first-order valence-electron chi connectivity index (χ1n) is 9.78. The monoisotopic (exact) mass is 431 g/mol. The number of sulfonamides is 1. The van der Waals surface area contributed by atoms with Crippen molar-refractivity contribution in [3.63, 3.8) is 0 Å². The Kier molecular flexibility index (Phi) is 7.07. The van der Waals surface area contributed by atoms with E-state index in [0.717, 1.165) is 32.1 Å². The Balaban J connectivity index is 1.51. The molecule has 1 aliphatic rings. The third-order valence-corrected chi connectivity index (χ3v) is 6.42. The molecule has 0 bridgehead atoms. The molecule has 0 saturated heterocycles. The predicted molar refractivity (Wildman–Crippen MR) is 113 cm³/mol. The summed E-state index contributed by atoms with van der Waals surface area (Å²) in [5, 5.41) is 2.64. The van der Waals surface area contributed by atoms with Crippen LogP contribution < -0.4 is 20.5 Å². The van der Waals surface area contributed by atoms with Crippen LogP contribution in [0, 0.1) is 0 Å². The van der Waals surface area contributed by atoms with Crippen molar-refractivity contribution in [1.29, 1.82) is 0 Å². The van der Waals surface area contributed by atoms with Gasteiger partial charge in [0.2, 0.25) is 15.9 Å². The first-order chi connectivity index (χ1) is 14.3. The van der Waals surface area contributed by atoms with Gasteiger partial charge >= 0.3 is 0 Å². The number of carbonyl (C=O) groups is 2. The molecule has 0 radical (unpaired) electrons. The second-order valence-electron chi connectivity index (χ2n) is 7.21. The molecule has 2 amide bonds. The summed E-state index contributed by atoms with van der Waals surface area (Å²) in [5.41, 5.74) is 6.02. The molecule has 2 aromatic carbocycles. The number of anilines is 1. The molecule has 30 heavy (non-hydrogen) atoms. The maximum Gasteiger partial charge on any atom is 0.262 e. The van der Waals surface area contributed by atoms with Gasteiger partial charge in [-0.05, 0) is 61.4 Å². The van der Waals surface area contributed by atoms with Crippen LogP contribution in [0.1, 0.15) is 42.5 Å². The molecular weight excluding hydrogens is 406 g/mol. The SMILES string of the molecule is NC(=O)c1ccc(NC(=O)COc2ccc(S(=O)(=O)NC3CCCCC3)cc2)cc1. The number of benzene rings is 2. The van der Waals surface area contributed by atoms with Crippen LogP contribution in [0.15, 0.2) is 53.4 Å². The molecule has 0 aromatic heterocycles.